The van der Waals surface area contributed by atoms with E-state index in [1.54, 1.807) is 29.7 Å². The summed E-state index contributed by atoms with van der Waals surface area (Å²) in [5.74, 6) is -0.609. The normalized spacial score (nSPS) is 11.4. The van der Waals surface area contributed by atoms with Gasteiger partial charge in [0.2, 0.25) is 5.95 Å². The monoisotopic (exact) mass is 512 g/mol. The Morgan fingerprint density at radius 2 is 1.84 bits per heavy atom. The summed E-state index contributed by atoms with van der Waals surface area (Å²) in [5, 5.41) is 0. The number of imidazole rings is 2. The first-order chi connectivity index (χ1) is 18.5. The summed E-state index contributed by atoms with van der Waals surface area (Å²) < 4.78 is 37.2. The minimum absolute atomic E-state index is 0.0203. The number of fused-ring (bicyclic) bond motifs is 2. The Bertz CT molecular complexity index is 1840. The highest BCUT2D eigenvalue weighted by molar-refractivity contribution is 5.78. The molecule has 0 aliphatic carbocycles. The summed E-state index contributed by atoms with van der Waals surface area (Å²) in [5.41, 5.74) is 3.50. The number of aromatic amines is 1. The van der Waals surface area contributed by atoms with Crippen molar-refractivity contribution in [3.05, 3.63) is 112 Å². The number of nitrogens with one attached hydrogen (secondary N) is 1. The molecule has 0 amide bonds. The first-order valence-corrected chi connectivity index (χ1v) is 12.1. The van der Waals surface area contributed by atoms with Crippen LogP contribution in [0.25, 0.3) is 28.1 Å². The largest absolute Gasteiger partial charge is 0.490 e. The third-order valence-electron chi connectivity index (χ3n) is 6.29. The lowest BCUT2D eigenvalue weighted by atomic mass is 10.1. The maximum absolute atomic E-state index is 14.5. The van der Waals surface area contributed by atoms with E-state index >= 15 is 0 Å². The molecule has 0 atom stereocenters. The summed E-state index contributed by atoms with van der Waals surface area (Å²) in [6.07, 6.45) is 1.93. The Morgan fingerprint density at radius 3 is 2.66 bits per heavy atom. The second-order valence-electron chi connectivity index (χ2n) is 8.76. The third kappa shape index (κ3) is 4.19. The SMILES string of the molecule is CCOc1c(F)cccc1Cn1c(=O)[nH]c2c(Cc3ccccc3)nc(-n3cnc4ccc(F)cc43)nc21. The fraction of sp³-hybridized carbons (Fsp3) is 0.143. The molecule has 0 bridgehead atoms. The Balaban J connectivity index is 1.56. The molecule has 3 aromatic heterocycles. The molecule has 6 aromatic rings. The molecule has 0 fully saturated rings. The number of H-pyrrole nitrogens is 1. The number of nitrogens with zero attached hydrogens (tertiary/aromatic N) is 5. The van der Waals surface area contributed by atoms with E-state index in [-0.39, 0.29) is 24.8 Å². The second kappa shape index (κ2) is 9.55. The Hall–Kier alpha value is -4.86. The molecule has 0 radical (unpaired) electrons. The van der Waals surface area contributed by atoms with Crippen molar-refractivity contribution in [3.63, 3.8) is 0 Å². The average molecular weight is 513 g/mol. The standard InChI is InChI=1S/C28H22F2N6O2/c1-2-38-25-18(9-6-10-20(25)30)15-35-26-24(33-28(35)37)22(13-17-7-4-3-5-8-17)32-27(34-26)36-16-31-21-12-11-19(29)14-23(21)36/h3-12,14,16H,2,13,15H2,1H3,(H,33,37). The van der Waals surface area contributed by atoms with Gasteiger partial charge in [-0.3, -0.25) is 9.13 Å². The summed E-state index contributed by atoms with van der Waals surface area (Å²) in [4.78, 5) is 29.9. The maximum Gasteiger partial charge on any atom is 0.328 e. The van der Waals surface area contributed by atoms with E-state index in [1.807, 2.05) is 30.3 Å². The predicted octanol–water partition coefficient (Wildman–Crippen LogP) is 4.77. The second-order valence-corrected chi connectivity index (χ2v) is 8.76. The van der Waals surface area contributed by atoms with Gasteiger partial charge in [0.1, 0.15) is 17.7 Å². The first kappa shape index (κ1) is 23.5. The van der Waals surface area contributed by atoms with Crippen molar-refractivity contribution >= 4 is 22.2 Å². The highest BCUT2D eigenvalue weighted by atomic mass is 19.1. The van der Waals surface area contributed by atoms with Gasteiger partial charge in [0, 0.05) is 18.1 Å². The molecule has 0 unspecified atom stereocenters. The fourth-order valence-electron chi connectivity index (χ4n) is 4.54. The zero-order valence-corrected chi connectivity index (χ0v) is 20.4. The zero-order valence-electron chi connectivity index (χ0n) is 20.4. The Kier molecular flexibility index (Phi) is 5.91. The van der Waals surface area contributed by atoms with Crippen LogP contribution in [0.1, 0.15) is 23.7 Å². The van der Waals surface area contributed by atoms with E-state index in [1.165, 1.54) is 29.1 Å². The molecule has 190 valence electrons. The van der Waals surface area contributed by atoms with Crippen LogP contribution in [0, 0.1) is 11.6 Å². The molecule has 3 heterocycles. The van der Waals surface area contributed by atoms with Gasteiger partial charge in [-0.1, -0.05) is 42.5 Å². The van der Waals surface area contributed by atoms with Gasteiger partial charge in [0.25, 0.3) is 0 Å². The van der Waals surface area contributed by atoms with Crippen LogP contribution >= 0.6 is 0 Å². The number of para-hydroxylation sites is 1. The van der Waals surface area contributed by atoms with Gasteiger partial charge < -0.3 is 9.72 Å². The van der Waals surface area contributed by atoms with Crippen molar-refractivity contribution < 1.29 is 13.5 Å². The van der Waals surface area contributed by atoms with Crippen LogP contribution in [0.15, 0.2) is 77.9 Å². The van der Waals surface area contributed by atoms with Gasteiger partial charge >= 0.3 is 5.69 Å². The van der Waals surface area contributed by atoms with E-state index in [4.69, 9.17) is 14.7 Å². The number of rotatable bonds is 7. The molecular weight excluding hydrogens is 490 g/mol. The van der Waals surface area contributed by atoms with Crippen molar-refractivity contribution in [3.8, 4) is 11.7 Å². The van der Waals surface area contributed by atoms with Gasteiger partial charge in [0.15, 0.2) is 17.2 Å². The van der Waals surface area contributed by atoms with Crippen molar-refractivity contribution in [1.82, 2.24) is 29.1 Å². The number of hydrogen-bond donors (Lipinski definition) is 1. The quantitative estimate of drug-likeness (QED) is 0.333. The summed E-state index contributed by atoms with van der Waals surface area (Å²) in [6, 6.07) is 18.6. The summed E-state index contributed by atoms with van der Waals surface area (Å²) >= 11 is 0. The van der Waals surface area contributed by atoms with Crippen LogP contribution in [-0.2, 0) is 13.0 Å². The highest BCUT2D eigenvalue weighted by Crippen LogP contribution is 2.26. The molecule has 6 rings (SSSR count). The van der Waals surface area contributed by atoms with Gasteiger partial charge in [-0.2, -0.15) is 4.98 Å². The van der Waals surface area contributed by atoms with Crippen LogP contribution < -0.4 is 10.4 Å². The lowest BCUT2D eigenvalue weighted by Gasteiger charge is -2.12. The van der Waals surface area contributed by atoms with Crippen LogP contribution in [0.3, 0.4) is 0 Å². The molecular formula is C28H22F2N6O2. The molecule has 3 aromatic carbocycles. The third-order valence-corrected chi connectivity index (χ3v) is 6.29. The lowest BCUT2D eigenvalue weighted by molar-refractivity contribution is 0.317. The molecule has 0 spiro atoms. The predicted molar refractivity (Wildman–Crippen MR) is 139 cm³/mol. The maximum atomic E-state index is 14.5. The molecule has 8 nitrogen and oxygen atoms in total. The lowest BCUT2D eigenvalue weighted by Crippen LogP contribution is -2.18. The highest BCUT2D eigenvalue weighted by Gasteiger charge is 2.20. The molecule has 38 heavy (non-hydrogen) atoms. The van der Waals surface area contributed by atoms with E-state index < -0.39 is 17.3 Å². The summed E-state index contributed by atoms with van der Waals surface area (Å²) in [6.45, 7) is 2.06. The van der Waals surface area contributed by atoms with E-state index in [2.05, 4.69) is 9.97 Å². The molecule has 10 heteroatoms. The number of benzene rings is 3. The van der Waals surface area contributed by atoms with Gasteiger partial charge in [-0.15, -0.1) is 0 Å². The van der Waals surface area contributed by atoms with Crippen molar-refractivity contribution in [1.29, 1.82) is 0 Å². The van der Waals surface area contributed by atoms with Crippen molar-refractivity contribution in [2.45, 2.75) is 19.9 Å². The van der Waals surface area contributed by atoms with Gasteiger partial charge in [-0.25, -0.2) is 23.5 Å². The van der Waals surface area contributed by atoms with Crippen LogP contribution in [0.4, 0.5) is 8.78 Å². The van der Waals surface area contributed by atoms with E-state index in [9.17, 15) is 13.6 Å². The minimum atomic E-state index is -0.510. The van der Waals surface area contributed by atoms with Gasteiger partial charge in [0.05, 0.1) is 29.9 Å². The van der Waals surface area contributed by atoms with Crippen molar-refractivity contribution in [2.24, 2.45) is 0 Å². The minimum Gasteiger partial charge on any atom is -0.490 e. The smallest absolute Gasteiger partial charge is 0.328 e. The fourth-order valence-corrected chi connectivity index (χ4v) is 4.54. The number of hydrogen-bond acceptors (Lipinski definition) is 5. The topological polar surface area (TPSA) is 90.6 Å². The molecule has 1 N–H and O–H groups in total. The van der Waals surface area contributed by atoms with Crippen LogP contribution in [0.5, 0.6) is 5.75 Å². The average Bonchev–Trinajstić information content (AvgIpc) is 3.47. The molecule has 0 saturated heterocycles. The van der Waals surface area contributed by atoms with Crippen LogP contribution in [-0.4, -0.2) is 35.7 Å². The number of halogens is 2. The van der Waals surface area contributed by atoms with Crippen molar-refractivity contribution in [2.75, 3.05) is 6.61 Å². The molecule has 0 aliphatic rings. The Labute approximate surface area is 215 Å². The van der Waals surface area contributed by atoms with Crippen LogP contribution in [0.2, 0.25) is 0 Å². The zero-order chi connectivity index (χ0) is 26.2. The first-order valence-electron chi connectivity index (χ1n) is 12.1. The number of ether oxygens (including phenoxy) is 1. The van der Waals surface area contributed by atoms with E-state index in [0.717, 1.165) is 5.56 Å². The number of aromatic nitrogens is 6. The Morgan fingerprint density at radius 1 is 1.00 bits per heavy atom. The van der Waals surface area contributed by atoms with E-state index in [0.29, 0.717) is 39.9 Å². The molecule has 0 saturated carbocycles. The summed E-state index contributed by atoms with van der Waals surface area (Å²) in [7, 11) is 0. The van der Waals surface area contributed by atoms with Gasteiger partial charge in [-0.05, 0) is 30.7 Å². The molecule has 0 aliphatic heterocycles.